The molecule has 3 N–H and O–H groups in total. The minimum atomic E-state index is -3.54. The predicted octanol–water partition coefficient (Wildman–Crippen LogP) is 0.921. The fourth-order valence-electron chi connectivity index (χ4n) is 1.57. The molecule has 0 saturated heterocycles. The molecule has 0 spiro atoms. The number of nitrogens with one attached hydrogen (secondary N) is 1. The number of hydrogen-bond donors (Lipinski definition) is 2. The summed E-state index contributed by atoms with van der Waals surface area (Å²) in [6.45, 7) is 3.51. The SMILES string of the molecule is CC[C@@H](N)C(=O)Nc1ccc(C)c(S(=O)(=O)N(C)C)c1. The van der Waals surface area contributed by atoms with E-state index in [4.69, 9.17) is 5.73 Å². The van der Waals surface area contributed by atoms with Gasteiger partial charge in [-0.3, -0.25) is 4.79 Å². The van der Waals surface area contributed by atoms with Gasteiger partial charge in [0.2, 0.25) is 15.9 Å². The second-order valence-corrected chi connectivity index (χ2v) is 6.89. The summed E-state index contributed by atoms with van der Waals surface area (Å²) in [6, 6.07) is 4.16. The number of anilines is 1. The zero-order valence-corrected chi connectivity index (χ0v) is 13.0. The summed E-state index contributed by atoms with van der Waals surface area (Å²) in [5, 5.41) is 2.62. The van der Waals surface area contributed by atoms with E-state index >= 15 is 0 Å². The van der Waals surface area contributed by atoms with E-state index < -0.39 is 16.1 Å². The van der Waals surface area contributed by atoms with E-state index in [1.807, 2.05) is 0 Å². The Hall–Kier alpha value is -1.44. The lowest BCUT2D eigenvalue weighted by atomic mass is 10.2. The van der Waals surface area contributed by atoms with Crippen molar-refractivity contribution in [2.45, 2.75) is 31.2 Å². The minimum Gasteiger partial charge on any atom is -0.325 e. The van der Waals surface area contributed by atoms with Crippen LogP contribution in [0.5, 0.6) is 0 Å². The second kappa shape index (κ2) is 6.34. The van der Waals surface area contributed by atoms with Crippen molar-refractivity contribution >= 4 is 21.6 Å². The third-order valence-corrected chi connectivity index (χ3v) is 4.95. The van der Waals surface area contributed by atoms with Gasteiger partial charge in [-0.15, -0.1) is 0 Å². The molecule has 6 nitrogen and oxygen atoms in total. The summed E-state index contributed by atoms with van der Waals surface area (Å²) in [5.41, 5.74) is 6.67. The zero-order valence-electron chi connectivity index (χ0n) is 12.2. The van der Waals surface area contributed by atoms with Crippen molar-refractivity contribution in [3.8, 4) is 0 Å². The molecule has 0 bridgehead atoms. The molecule has 0 heterocycles. The fourth-order valence-corrected chi connectivity index (χ4v) is 2.72. The minimum absolute atomic E-state index is 0.172. The van der Waals surface area contributed by atoms with Gasteiger partial charge in [0, 0.05) is 19.8 Å². The monoisotopic (exact) mass is 299 g/mol. The van der Waals surface area contributed by atoms with Crippen LogP contribution >= 0.6 is 0 Å². The van der Waals surface area contributed by atoms with Crippen molar-refractivity contribution in [2.24, 2.45) is 5.73 Å². The highest BCUT2D eigenvalue weighted by atomic mass is 32.2. The van der Waals surface area contributed by atoms with E-state index in [0.29, 0.717) is 17.7 Å². The Morgan fingerprint density at radius 1 is 1.40 bits per heavy atom. The highest BCUT2D eigenvalue weighted by Crippen LogP contribution is 2.22. The lowest BCUT2D eigenvalue weighted by Crippen LogP contribution is -2.34. The van der Waals surface area contributed by atoms with Crippen molar-refractivity contribution in [1.29, 1.82) is 0 Å². The summed E-state index contributed by atoms with van der Waals surface area (Å²) in [4.78, 5) is 11.9. The molecule has 1 aromatic rings. The molecule has 112 valence electrons. The molecule has 0 saturated carbocycles. The summed E-state index contributed by atoms with van der Waals surface area (Å²) in [5.74, 6) is -0.329. The Balaban J connectivity index is 3.13. The van der Waals surface area contributed by atoms with Gasteiger partial charge in [-0.05, 0) is 31.0 Å². The number of aryl methyl sites for hydroxylation is 1. The van der Waals surface area contributed by atoms with Crippen LogP contribution in [-0.4, -0.2) is 38.8 Å². The van der Waals surface area contributed by atoms with E-state index in [2.05, 4.69) is 5.32 Å². The second-order valence-electron chi connectivity index (χ2n) is 4.77. The van der Waals surface area contributed by atoms with Crippen LogP contribution < -0.4 is 11.1 Å². The lowest BCUT2D eigenvalue weighted by Gasteiger charge is -2.16. The van der Waals surface area contributed by atoms with E-state index in [9.17, 15) is 13.2 Å². The predicted molar refractivity (Wildman–Crippen MR) is 78.9 cm³/mol. The van der Waals surface area contributed by atoms with Gasteiger partial charge in [0.05, 0.1) is 10.9 Å². The number of hydrogen-bond acceptors (Lipinski definition) is 4. The maximum Gasteiger partial charge on any atom is 0.242 e. The largest absolute Gasteiger partial charge is 0.325 e. The van der Waals surface area contributed by atoms with Crippen LogP contribution in [0, 0.1) is 6.92 Å². The van der Waals surface area contributed by atoms with E-state index in [-0.39, 0.29) is 10.8 Å². The van der Waals surface area contributed by atoms with Gasteiger partial charge in [0.25, 0.3) is 0 Å². The third-order valence-electron chi connectivity index (χ3n) is 2.99. The van der Waals surface area contributed by atoms with Gasteiger partial charge in [0.15, 0.2) is 0 Å². The Labute approximate surface area is 120 Å². The standard InChI is InChI=1S/C13H21N3O3S/c1-5-11(14)13(17)15-10-7-6-9(2)12(8-10)20(18,19)16(3)4/h6-8,11H,5,14H2,1-4H3,(H,15,17)/t11-/m1/s1. The van der Waals surface area contributed by atoms with Crippen LogP contribution in [0.3, 0.4) is 0 Å². The van der Waals surface area contributed by atoms with Crippen molar-refractivity contribution in [2.75, 3.05) is 19.4 Å². The number of benzene rings is 1. The molecule has 0 aliphatic heterocycles. The van der Waals surface area contributed by atoms with Crippen molar-refractivity contribution in [3.63, 3.8) is 0 Å². The number of nitrogens with two attached hydrogens (primary N) is 1. The Kier molecular flexibility index (Phi) is 5.27. The van der Waals surface area contributed by atoms with Crippen molar-refractivity contribution in [1.82, 2.24) is 4.31 Å². The first kappa shape index (κ1) is 16.6. The van der Waals surface area contributed by atoms with Crippen LogP contribution in [0.25, 0.3) is 0 Å². The van der Waals surface area contributed by atoms with Gasteiger partial charge < -0.3 is 11.1 Å². The molecular weight excluding hydrogens is 278 g/mol. The summed E-state index contributed by atoms with van der Waals surface area (Å²) in [7, 11) is -0.610. The summed E-state index contributed by atoms with van der Waals surface area (Å²) in [6.07, 6.45) is 0.514. The summed E-state index contributed by atoms with van der Waals surface area (Å²) < 4.78 is 25.5. The van der Waals surface area contributed by atoms with Crippen LogP contribution in [0.4, 0.5) is 5.69 Å². The van der Waals surface area contributed by atoms with Gasteiger partial charge in [-0.2, -0.15) is 0 Å². The quantitative estimate of drug-likeness (QED) is 0.845. The molecule has 20 heavy (non-hydrogen) atoms. The molecule has 1 aromatic carbocycles. The zero-order chi connectivity index (χ0) is 15.5. The van der Waals surface area contributed by atoms with E-state index in [1.165, 1.54) is 20.2 Å². The molecule has 0 aliphatic carbocycles. The average Bonchev–Trinajstić information content (AvgIpc) is 2.39. The van der Waals surface area contributed by atoms with Gasteiger partial charge in [-0.1, -0.05) is 13.0 Å². The molecular formula is C13H21N3O3S. The normalized spacial score (nSPS) is 13.3. The number of nitrogens with zero attached hydrogens (tertiary/aromatic N) is 1. The van der Waals surface area contributed by atoms with Crippen LogP contribution in [0.1, 0.15) is 18.9 Å². The molecule has 0 aromatic heterocycles. The molecule has 1 atom stereocenters. The smallest absolute Gasteiger partial charge is 0.242 e. The first-order chi connectivity index (χ1) is 9.20. The van der Waals surface area contributed by atoms with Crippen LogP contribution in [0.15, 0.2) is 23.1 Å². The van der Waals surface area contributed by atoms with Gasteiger partial charge >= 0.3 is 0 Å². The molecule has 1 amide bonds. The molecule has 7 heteroatoms. The number of rotatable bonds is 5. The number of carbonyl (C=O) groups is 1. The summed E-state index contributed by atoms with van der Waals surface area (Å²) >= 11 is 0. The Morgan fingerprint density at radius 2 is 2.00 bits per heavy atom. The van der Waals surface area contributed by atoms with Crippen molar-refractivity contribution < 1.29 is 13.2 Å². The lowest BCUT2D eigenvalue weighted by molar-refractivity contribution is -0.117. The maximum atomic E-state index is 12.2. The topological polar surface area (TPSA) is 92.5 Å². The Bertz CT molecular complexity index is 597. The van der Waals surface area contributed by atoms with E-state index in [0.717, 1.165) is 4.31 Å². The van der Waals surface area contributed by atoms with Crippen molar-refractivity contribution in [3.05, 3.63) is 23.8 Å². The number of carbonyl (C=O) groups excluding carboxylic acids is 1. The molecule has 0 aliphatic rings. The van der Waals surface area contributed by atoms with Crippen LogP contribution in [-0.2, 0) is 14.8 Å². The van der Waals surface area contributed by atoms with Gasteiger partial charge in [-0.25, -0.2) is 12.7 Å². The molecule has 0 radical (unpaired) electrons. The molecule has 0 fully saturated rings. The molecule has 1 rings (SSSR count). The average molecular weight is 299 g/mol. The van der Waals surface area contributed by atoms with E-state index in [1.54, 1.807) is 26.0 Å². The maximum absolute atomic E-state index is 12.2. The Morgan fingerprint density at radius 3 is 2.50 bits per heavy atom. The van der Waals surface area contributed by atoms with Crippen LogP contribution in [0.2, 0.25) is 0 Å². The highest BCUT2D eigenvalue weighted by molar-refractivity contribution is 7.89. The third kappa shape index (κ3) is 3.56. The number of sulfonamides is 1. The number of amides is 1. The van der Waals surface area contributed by atoms with Gasteiger partial charge in [0.1, 0.15) is 0 Å². The first-order valence-electron chi connectivity index (χ1n) is 6.29. The highest BCUT2D eigenvalue weighted by Gasteiger charge is 2.20. The fraction of sp³-hybridized carbons (Fsp3) is 0.462. The molecule has 0 unspecified atom stereocenters. The first-order valence-corrected chi connectivity index (χ1v) is 7.73.